The van der Waals surface area contributed by atoms with Gasteiger partial charge >= 0.3 is 0 Å². The van der Waals surface area contributed by atoms with Crippen molar-refractivity contribution in [3.05, 3.63) is 23.8 Å². The molecule has 0 fully saturated rings. The largest absolute Gasteiger partial charge is 0.294 e. The average molecular weight is 150 g/mol. The van der Waals surface area contributed by atoms with Gasteiger partial charge in [-0.2, -0.15) is 0 Å². The molecule has 0 saturated heterocycles. The molecule has 0 spiro atoms. The van der Waals surface area contributed by atoms with Crippen molar-refractivity contribution >= 4 is 5.78 Å². The fourth-order valence-electron chi connectivity index (χ4n) is 1.47. The third-order valence-corrected chi connectivity index (χ3v) is 2.39. The van der Waals surface area contributed by atoms with Crippen molar-refractivity contribution in [1.82, 2.24) is 0 Å². The summed E-state index contributed by atoms with van der Waals surface area (Å²) in [5, 5.41) is 0. The maximum Gasteiger partial charge on any atom is 0.161 e. The molecule has 1 nitrogen and oxygen atoms in total. The smallest absolute Gasteiger partial charge is 0.161 e. The molecule has 0 aromatic rings. The molecular formula is C10H14O. The molecule has 1 aliphatic rings. The zero-order valence-corrected chi connectivity index (χ0v) is 7.18. The molecule has 0 heterocycles. The van der Waals surface area contributed by atoms with Crippen LogP contribution in [0.15, 0.2) is 23.8 Å². The summed E-state index contributed by atoms with van der Waals surface area (Å²) in [6.07, 6.45) is 3.80. The first-order chi connectivity index (χ1) is 5.16. The van der Waals surface area contributed by atoms with Gasteiger partial charge in [0, 0.05) is 5.92 Å². The zero-order valence-electron chi connectivity index (χ0n) is 7.18. The van der Waals surface area contributed by atoms with E-state index in [1.165, 1.54) is 0 Å². The fraction of sp³-hybridized carbons (Fsp3) is 0.500. The number of carbonyl (C=O) groups excluding carboxylic acids is 1. The van der Waals surface area contributed by atoms with Gasteiger partial charge in [0.05, 0.1) is 0 Å². The van der Waals surface area contributed by atoms with Crippen LogP contribution >= 0.6 is 0 Å². The molecule has 1 aliphatic carbocycles. The highest BCUT2D eigenvalue weighted by atomic mass is 16.1. The van der Waals surface area contributed by atoms with E-state index in [4.69, 9.17) is 0 Å². The molecule has 0 aliphatic heterocycles. The van der Waals surface area contributed by atoms with Gasteiger partial charge in [-0.25, -0.2) is 0 Å². The van der Waals surface area contributed by atoms with Crippen molar-refractivity contribution in [2.75, 3.05) is 0 Å². The first-order valence-corrected chi connectivity index (χ1v) is 4.03. The van der Waals surface area contributed by atoms with Crippen molar-refractivity contribution < 1.29 is 4.79 Å². The Labute approximate surface area is 67.8 Å². The average Bonchev–Trinajstić information content (AvgIpc) is 2.01. The lowest BCUT2D eigenvalue weighted by Gasteiger charge is -2.19. The predicted octanol–water partition coefficient (Wildman–Crippen LogP) is 2.49. The Morgan fingerprint density at radius 2 is 2.27 bits per heavy atom. The lowest BCUT2D eigenvalue weighted by molar-refractivity contribution is -0.119. The second kappa shape index (κ2) is 3.04. The van der Waals surface area contributed by atoms with Crippen LogP contribution < -0.4 is 0 Å². The van der Waals surface area contributed by atoms with Crippen LogP contribution in [-0.4, -0.2) is 5.78 Å². The van der Waals surface area contributed by atoms with Crippen LogP contribution in [0.2, 0.25) is 0 Å². The van der Waals surface area contributed by atoms with Crippen molar-refractivity contribution in [2.24, 2.45) is 5.92 Å². The molecule has 0 aromatic carbocycles. The zero-order chi connectivity index (χ0) is 8.43. The van der Waals surface area contributed by atoms with Gasteiger partial charge < -0.3 is 0 Å². The van der Waals surface area contributed by atoms with Crippen molar-refractivity contribution in [1.29, 1.82) is 0 Å². The predicted molar refractivity (Wildman–Crippen MR) is 46.3 cm³/mol. The molecule has 1 atom stereocenters. The van der Waals surface area contributed by atoms with Crippen LogP contribution in [0.3, 0.4) is 0 Å². The summed E-state index contributed by atoms with van der Waals surface area (Å²) in [6.45, 7) is 7.57. The molecule has 11 heavy (non-hydrogen) atoms. The van der Waals surface area contributed by atoms with E-state index in [1.807, 2.05) is 13.8 Å². The topological polar surface area (TPSA) is 17.1 Å². The monoisotopic (exact) mass is 150 g/mol. The van der Waals surface area contributed by atoms with E-state index in [-0.39, 0.29) is 5.92 Å². The van der Waals surface area contributed by atoms with Crippen molar-refractivity contribution in [3.63, 3.8) is 0 Å². The van der Waals surface area contributed by atoms with E-state index < -0.39 is 0 Å². The van der Waals surface area contributed by atoms with E-state index in [1.54, 1.807) is 6.08 Å². The van der Waals surface area contributed by atoms with Crippen molar-refractivity contribution in [3.8, 4) is 0 Å². The van der Waals surface area contributed by atoms with E-state index in [0.29, 0.717) is 5.78 Å². The molecule has 0 saturated carbocycles. The third kappa shape index (κ3) is 1.42. The summed E-state index contributed by atoms with van der Waals surface area (Å²) in [5.41, 5.74) is 2.05. The van der Waals surface area contributed by atoms with Crippen LogP contribution in [0.1, 0.15) is 26.7 Å². The summed E-state index contributed by atoms with van der Waals surface area (Å²) in [7, 11) is 0. The Bertz CT molecular complexity index is 223. The van der Waals surface area contributed by atoms with Gasteiger partial charge in [0.15, 0.2) is 5.78 Å². The van der Waals surface area contributed by atoms with Gasteiger partial charge in [0.2, 0.25) is 0 Å². The maximum absolute atomic E-state index is 11.4. The lowest BCUT2D eigenvalue weighted by Crippen LogP contribution is -2.18. The quantitative estimate of drug-likeness (QED) is 0.561. The third-order valence-electron chi connectivity index (χ3n) is 2.39. The Hall–Kier alpha value is -0.850. The van der Waals surface area contributed by atoms with Gasteiger partial charge in [0.1, 0.15) is 0 Å². The molecule has 0 N–H and O–H groups in total. The van der Waals surface area contributed by atoms with E-state index in [9.17, 15) is 4.79 Å². The summed E-state index contributed by atoms with van der Waals surface area (Å²) >= 11 is 0. The van der Waals surface area contributed by atoms with Gasteiger partial charge in [-0.15, -0.1) is 0 Å². The van der Waals surface area contributed by atoms with Gasteiger partial charge in [-0.05, 0) is 30.9 Å². The first-order valence-electron chi connectivity index (χ1n) is 4.03. The molecule has 0 radical (unpaired) electrons. The number of hydrogen-bond donors (Lipinski definition) is 0. The van der Waals surface area contributed by atoms with E-state index in [2.05, 4.69) is 6.58 Å². The molecule has 1 heteroatoms. The van der Waals surface area contributed by atoms with Crippen LogP contribution in [0.25, 0.3) is 0 Å². The first kappa shape index (κ1) is 8.25. The number of Topliss-reactive ketones (excluding diaryl/α,β-unsaturated/α-hetero) is 1. The number of hydrogen-bond acceptors (Lipinski definition) is 1. The number of rotatable bonds is 1. The summed E-state index contributed by atoms with van der Waals surface area (Å²) in [6, 6.07) is 0. The minimum absolute atomic E-state index is 0.221. The number of carbonyl (C=O) groups is 1. The Morgan fingerprint density at radius 3 is 2.82 bits per heavy atom. The SMILES string of the molecule is C=CC1=C(C)C(=O)C(C)CC1. The molecule has 0 amide bonds. The number of ketones is 1. The molecular weight excluding hydrogens is 136 g/mol. The second-order valence-electron chi connectivity index (χ2n) is 3.16. The summed E-state index contributed by atoms with van der Waals surface area (Å²) in [5.74, 6) is 0.518. The molecule has 0 bridgehead atoms. The minimum Gasteiger partial charge on any atom is -0.294 e. The Kier molecular flexibility index (Phi) is 2.28. The second-order valence-corrected chi connectivity index (χ2v) is 3.16. The molecule has 1 rings (SSSR count). The standard InChI is InChI=1S/C10H14O/c1-4-9-6-5-7(2)10(11)8(9)3/h4,7H,1,5-6H2,2-3H3. The highest BCUT2D eigenvalue weighted by Gasteiger charge is 2.21. The Morgan fingerprint density at radius 1 is 1.64 bits per heavy atom. The summed E-state index contributed by atoms with van der Waals surface area (Å²) < 4.78 is 0. The van der Waals surface area contributed by atoms with Crippen LogP contribution in [-0.2, 0) is 4.79 Å². The number of allylic oxidation sites excluding steroid dienone is 3. The highest BCUT2D eigenvalue weighted by molar-refractivity contribution is 5.98. The van der Waals surface area contributed by atoms with Gasteiger partial charge in [0.25, 0.3) is 0 Å². The van der Waals surface area contributed by atoms with Gasteiger partial charge in [-0.3, -0.25) is 4.79 Å². The molecule has 60 valence electrons. The van der Waals surface area contributed by atoms with E-state index >= 15 is 0 Å². The van der Waals surface area contributed by atoms with Crippen molar-refractivity contribution in [2.45, 2.75) is 26.7 Å². The summed E-state index contributed by atoms with van der Waals surface area (Å²) in [4.78, 5) is 11.4. The fourth-order valence-corrected chi connectivity index (χ4v) is 1.47. The Balaban J connectivity index is 2.95. The molecule has 0 aromatic heterocycles. The highest BCUT2D eigenvalue weighted by Crippen LogP contribution is 2.26. The minimum atomic E-state index is 0.221. The van der Waals surface area contributed by atoms with Crippen LogP contribution in [0, 0.1) is 5.92 Å². The maximum atomic E-state index is 11.4. The van der Waals surface area contributed by atoms with Crippen LogP contribution in [0.4, 0.5) is 0 Å². The van der Waals surface area contributed by atoms with E-state index in [0.717, 1.165) is 24.0 Å². The normalized spacial score (nSPS) is 25.6. The molecule has 1 unspecified atom stereocenters. The van der Waals surface area contributed by atoms with Crippen LogP contribution in [0.5, 0.6) is 0 Å². The van der Waals surface area contributed by atoms with Gasteiger partial charge in [-0.1, -0.05) is 19.6 Å². The lowest BCUT2D eigenvalue weighted by atomic mass is 9.84.